The number of aliphatic hydroxyl groups excluding tert-OH is 1. The molecule has 2 aromatic rings. The van der Waals surface area contributed by atoms with E-state index in [1.54, 1.807) is 14.2 Å². The fourth-order valence-electron chi connectivity index (χ4n) is 4.99. The van der Waals surface area contributed by atoms with Gasteiger partial charge in [-0.25, -0.2) is 0 Å². The highest BCUT2D eigenvalue weighted by Gasteiger charge is 2.30. The van der Waals surface area contributed by atoms with Crippen LogP contribution in [0.4, 0.5) is 0 Å². The third-order valence-corrected chi connectivity index (χ3v) is 7.84. The van der Waals surface area contributed by atoms with E-state index >= 15 is 0 Å². The molecule has 0 bridgehead atoms. The van der Waals surface area contributed by atoms with Crippen LogP contribution in [0.15, 0.2) is 42.5 Å². The molecule has 4 atom stereocenters. The number of aryl methyl sites for hydroxylation is 1. The third kappa shape index (κ3) is 10.8. The van der Waals surface area contributed by atoms with Crippen molar-refractivity contribution in [2.24, 2.45) is 29.4 Å². The van der Waals surface area contributed by atoms with E-state index in [0.29, 0.717) is 44.3 Å². The number of nitrogens with two attached hydrogens (primary N) is 1. The van der Waals surface area contributed by atoms with Gasteiger partial charge in [-0.05, 0) is 72.8 Å². The molecule has 0 heterocycles. The molecular weight excluding hydrogens is 504 g/mol. The van der Waals surface area contributed by atoms with Crippen molar-refractivity contribution in [1.82, 2.24) is 5.32 Å². The lowest BCUT2D eigenvalue weighted by Gasteiger charge is -2.30. The molecule has 224 valence electrons. The maximum absolute atomic E-state index is 13.1. The van der Waals surface area contributed by atoms with E-state index in [2.05, 4.69) is 25.2 Å². The minimum atomic E-state index is -0.770. The number of hydrogen-bond acceptors (Lipinski definition) is 6. The molecule has 0 aliphatic rings. The quantitative estimate of drug-likeness (QED) is 0.216. The first-order valence-electron chi connectivity index (χ1n) is 14.6. The minimum absolute atomic E-state index is 0.0406. The Morgan fingerprint density at radius 1 is 0.975 bits per heavy atom. The van der Waals surface area contributed by atoms with Crippen LogP contribution < -0.4 is 20.5 Å². The molecule has 2 rings (SSSR count). The van der Waals surface area contributed by atoms with Gasteiger partial charge in [0.25, 0.3) is 0 Å². The lowest BCUT2D eigenvalue weighted by molar-refractivity contribution is -0.127. The first kappa shape index (κ1) is 33.6. The van der Waals surface area contributed by atoms with Crippen molar-refractivity contribution >= 4 is 5.91 Å². The monoisotopic (exact) mass is 556 g/mol. The molecule has 4 N–H and O–H groups in total. The van der Waals surface area contributed by atoms with Crippen LogP contribution in [0.2, 0.25) is 0 Å². The number of carbonyl (C=O) groups excluding carboxylic acids is 1. The van der Waals surface area contributed by atoms with Crippen LogP contribution in [0.1, 0.15) is 63.6 Å². The normalized spacial score (nSPS) is 14.6. The summed E-state index contributed by atoms with van der Waals surface area (Å²) in [5.41, 5.74) is 9.95. The van der Waals surface area contributed by atoms with Crippen LogP contribution in [-0.4, -0.2) is 50.6 Å². The Morgan fingerprint density at radius 2 is 1.70 bits per heavy atom. The molecule has 0 aliphatic carbocycles. The van der Waals surface area contributed by atoms with E-state index in [1.165, 1.54) is 0 Å². The van der Waals surface area contributed by atoms with Crippen LogP contribution in [0.3, 0.4) is 0 Å². The minimum Gasteiger partial charge on any atom is -0.493 e. The number of benzene rings is 2. The van der Waals surface area contributed by atoms with Crippen molar-refractivity contribution in [3.63, 3.8) is 0 Å². The van der Waals surface area contributed by atoms with Gasteiger partial charge in [-0.1, -0.05) is 58.0 Å². The summed E-state index contributed by atoms with van der Waals surface area (Å²) in [4.78, 5) is 13.1. The second-order valence-corrected chi connectivity index (χ2v) is 11.6. The Balaban J connectivity index is 2.01. The smallest absolute Gasteiger partial charge is 0.223 e. The van der Waals surface area contributed by atoms with E-state index < -0.39 is 12.1 Å². The average Bonchev–Trinajstić information content (AvgIpc) is 2.92. The van der Waals surface area contributed by atoms with Gasteiger partial charge in [0, 0.05) is 38.6 Å². The Hall–Kier alpha value is -2.61. The molecule has 0 saturated carbocycles. The van der Waals surface area contributed by atoms with Crippen molar-refractivity contribution in [2.45, 2.75) is 79.0 Å². The molecule has 0 fully saturated rings. The van der Waals surface area contributed by atoms with Gasteiger partial charge in [0.1, 0.15) is 0 Å². The highest BCUT2D eigenvalue weighted by atomic mass is 16.5. The van der Waals surface area contributed by atoms with E-state index in [1.807, 2.05) is 57.2 Å². The first-order chi connectivity index (χ1) is 19.1. The van der Waals surface area contributed by atoms with E-state index in [-0.39, 0.29) is 23.7 Å². The number of amides is 1. The topological polar surface area (TPSA) is 103 Å². The predicted molar refractivity (Wildman–Crippen MR) is 162 cm³/mol. The van der Waals surface area contributed by atoms with Gasteiger partial charge < -0.3 is 30.4 Å². The highest BCUT2D eigenvalue weighted by Crippen LogP contribution is 2.32. The number of ether oxygens (including phenoxy) is 3. The van der Waals surface area contributed by atoms with Crippen LogP contribution >= 0.6 is 0 Å². The lowest BCUT2D eigenvalue weighted by atomic mass is 9.81. The first-order valence-corrected chi connectivity index (χ1v) is 14.6. The van der Waals surface area contributed by atoms with Gasteiger partial charge in [-0.15, -0.1) is 0 Å². The molecular formula is C33H52N2O5. The fourth-order valence-corrected chi connectivity index (χ4v) is 4.99. The lowest BCUT2D eigenvalue weighted by Crippen LogP contribution is -2.42. The zero-order valence-corrected chi connectivity index (χ0v) is 25.6. The number of carbonyl (C=O) groups is 1. The molecule has 7 heteroatoms. The summed E-state index contributed by atoms with van der Waals surface area (Å²) in [6, 6.07) is 13.6. The van der Waals surface area contributed by atoms with E-state index in [9.17, 15) is 9.90 Å². The van der Waals surface area contributed by atoms with Crippen molar-refractivity contribution in [3.05, 3.63) is 59.2 Å². The van der Waals surface area contributed by atoms with Crippen LogP contribution in [0.5, 0.6) is 11.5 Å². The Labute approximate surface area is 241 Å². The number of rotatable bonds is 18. The van der Waals surface area contributed by atoms with E-state index in [0.717, 1.165) is 35.3 Å². The number of nitrogens with one attached hydrogen (secondary N) is 1. The zero-order valence-electron chi connectivity index (χ0n) is 25.6. The average molecular weight is 557 g/mol. The highest BCUT2D eigenvalue weighted by molar-refractivity contribution is 5.79. The molecule has 0 saturated heterocycles. The summed E-state index contributed by atoms with van der Waals surface area (Å²) >= 11 is 0. The fraction of sp³-hybridized carbons (Fsp3) is 0.606. The molecule has 7 nitrogen and oxygen atoms in total. The van der Waals surface area contributed by atoms with Gasteiger partial charge in [0.15, 0.2) is 11.5 Å². The van der Waals surface area contributed by atoms with E-state index in [4.69, 9.17) is 19.9 Å². The number of hydrogen-bond donors (Lipinski definition) is 3. The summed E-state index contributed by atoms with van der Waals surface area (Å²) in [6.07, 6.45) is 1.83. The number of aliphatic hydroxyl groups is 1. The van der Waals surface area contributed by atoms with Crippen molar-refractivity contribution in [3.8, 4) is 11.5 Å². The summed E-state index contributed by atoms with van der Waals surface area (Å²) in [7, 11) is 3.32. The standard InChI is InChI=1S/C33H52N2O5/c1-22(2)27(17-25-13-14-31(39-7)32(18-25)40-16-10-15-38-6)19-29(34)30(36)20-28(23(3)4)33(37)35-21-26-12-9-8-11-24(26)5/h8-9,11-14,18,22-23,27-30,36H,10,15-17,19-21,34H2,1-7H3,(H,35,37)/t27?,28?,29?,30-/m0/s1. The second-order valence-electron chi connectivity index (χ2n) is 11.6. The molecule has 0 spiro atoms. The van der Waals surface area contributed by atoms with Gasteiger partial charge in [0.05, 0.1) is 19.8 Å². The molecule has 40 heavy (non-hydrogen) atoms. The van der Waals surface area contributed by atoms with Gasteiger partial charge >= 0.3 is 0 Å². The summed E-state index contributed by atoms with van der Waals surface area (Å²) in [5.74, 6) is 1.77. The zero-order chi connectivity index (χ0) is 29.7. The van der Waals surface area contributed by atoms with Crippen LogP contribution in [-0.2, 0) is 22.5 Å². The summed E-state index contributed by atoms with van der Waals surface area (Å²) in [6.45, 7) is 12.1. The molecule has 2 aromatic carbocycles. The summed E-state index contributed by atoms with van der Waals surface area (Å²) < 4.78 is 16.6. The Bertz CT molecular complexity index is 1030. The van der Waals surface area contributed by atoms with Gasteiger partial charge in [0.2, 0.25) is 5.91 Å². The van der Waals surface area contributed by atoms with Crippen LogP contribution in [0, 0.1) is 30.6 Å². The Morgan fingerprint density at radius 3 is 2.33 bits per heavy atom. The van der Waals surface area contributed by atoms with Crippen LogP contribution in [0.25, 0.3) is 0 Å². The molecule has 1 amide bonds. The van der Waals surface area contributed by atoms with Crippen molar-refractivity contribution in [2.75, 3.05) is 27.4 Å². The predicted octanol–water partition coefficient (Wildman–Crippen LogP) is 5.29. The molecule has 3 unspecified atom stereocenters. The van der Waals surface area contributed by atoms with Crippen molar-refractivity contribution in [1.29, 1.82) is 0 Å². The molecule has 0 aliphatic heterocycles. The SMILES string of the molecule is COCCCOc1cc(CC(CC(N)[C@@H](O)CC(C(=O)NCc2ccccc2C)C(C)C)C(C)C)ccc1OC. The largest absolute Gasteiger partial charge is 0.493 e. The Kier molecular flexibility index (Phi) is 14.5. The summed E-state index contributed by atoms with van der Waals surface area (Å²) in [5, 5.41) is 14.2. The molecule has 0 radical (unpaired) electrons. The van der Waals surface area contributed by atoms with Crippen molar-refractivity contribution < 1.29 is 24.1 Å². The maximum Gasteiger partial charge on any atom is 0.223 e. The number of methoxy groups -OCH3 is 2. The molecule has 0 aromatic heterocycles. The third-order valence-electron chi connectivity index (χ3n) is 7.84. The van der Waals surface area contributed by atoms with Gasteiger partial charge in [-0.2, -0.15) is 0 Å². The second kappa shape index (κ2) is 17.3. The van der Waals surface area contributed by atoms with Gasteiger partial charge in [-0.3, -0.25) is 4.79 Å². The maximum atomic E-state index is 13.1.